The summed E-state index contributed by atoms with van der Waals surface area (Å²) >= 11 is 0. The first kappa shape index (κ1) is 18.5. The van der Waals surface area contributed by atoms with Gasteiger partial charge in [-0.25, -0.2) is 0 Å². The fourth-order valence-electron chi connectivity index (χ4n) is 1.09. The molecule has 19 heavy (non-hydrogen) atoms. The first-order valence-electron chi connectivity index (χ1n) is 5.06. The van der Waals surface area contributed by atoms with E-state index in [4.69, 9.17) is 29.0 Å². The molecule has 0 fully saturated rings. The van der Waals surface area contributed by atoms with Gasteiger partial charge in [-0.1, -0.05) is 15.5 Å². The van der Waals surface area contributed by atoms with Crippen LogP contribution in [0.5, 0.6) is 0 Å². The Morgan fingerprint density at radius 1 is 0.579 bits per heavy atom. The van der Waals surface area contributed by atoms with Crippen molar-refractivity contribution in [2.24, 2.45) is 0 Å². The third kappa shape index (κ3) is 6.00. The van der Waals surface area contributed by atoms with Crippen LogP contribution in [0.2, 0.25) is 0 Å². The van der Waals surface area contributed by atoms with Crippen LogP contribution < -0.4 is 16.8 Å². The minimum absolute atomic E-state index is 0.889. The van der Waals surface area contributed by atoms with Crippen molar-refractivity contribution < 1.29 is 29.0 Å². The first-order valence-corrected chi connectivity index (χ1v) is 5.06. The molecule has 0 aromatic rings. The van der Waals surface area contributed by atoms with E-state index >= 15 is 0 Å². The Morgan fingerprint density at radius 2 is 0.842 bits per heavy atom. The largest absolute Gasteiger partial charge is 0.288 e. The molecule has 0 saturated carbocycles. The highest BCUT2D eigenvalue weighted by atomic mass is 16.9. The van der Waals surface area contributed by atoms with Crippen molar-refractivity contribution in [1.82, 2.24) is 32.3 Å². The van der Waals surface area contributed by atoms with Gasteiger partial charge >= 0.3 is 0 Å². The molecule has 0 aliphatic carbocycles. The molecule has 0 aromatic carbocycles. The highest BCUT2D eigenvalue weighted by Crippen LogP contribution is 2.07. The van der Waals surface area contributed by atoms with Crippen molar-refractivity contribution in [3.8, 4) is 0 Å². The fraction of sp³-hybridized carbons (Fsp3) is 1.00. The molecule has 0 spiro atoms. The summed E-state index contributed by atoms with van der Waals surface area (Å²) in [4.78, 5) is 29.5. The molecule has 0 atom stereocenters. The Bertz CT molecular complexity index is 181. The van der Waals surface area contributed by atoms with Gasteiger partial charge in [0.05, 0.1) is 42.7 Å². The van der Waals surface area contributed by atoms with Gasteiger partial charge in [-0.05, 0) is 0 Å². The van der Waals surface area contributed by atoms with Crippen molar-refractivity contribution in [3.63, 3.8) is 0 Å². The number of nitrogens with zero attached hydrogens (tertiary/aromatic N) is 3. The van der Waals surface area contributed by atoms with E-state index in [1.807, 2.05) is 0 Å². The van der Waals surface area contributed by atoms with E-state index in [2.05, 4.69) is 16.8 Å². The molecule has 0 aliphatic heterocycles. The number of hydrogen-bond donors (Lipinski definition) is 3. The molecule has 3 N–H and O–H groups in total. The van der Waals surface area contributed by atoms with Crippen molar-refractivity contribution in [2.75, 3.05) is 42.7 Å². The molecule has 0 bridgehead atoms. The summed E-state index contributed by atoms with van der Waals surface area (Å²) in [5, 5.41) is 3.39. The number of rotatable bonds is 12. The molecule has 0 unspecified atom stereocenters. The lowest BCUT2D eigenvalue weighted by atomic mass is 10.9. The van der Waals surface area contributed by atoms with Crippen LogP contribution in [0.25, 0.3) is 0 Å². The van der Waals surface area contributed by atoms with Gasteiger partial charge in [0.2, 0.25) is 6.29 Å². The lowest BCUT2D eigenvalue weighted by Gasteiger charge is -2.38. The zero-order chi connectivity index (χ0) is 14.7. The number of hydrazine groups is 3. The van der Waals surface area contributed by atoms with Crippen LogP contribution in [0.4, 0.5) is 0 Å². The zero-order valence-electron chi connectivity index (χ0n) is 11.9. The van der Waals surface area contributed by atoms with Gasteiger partial charge in [0.15, 0.2) is 0 Å². The van der Waals surface area contributed by atoms with Crippen molar-refractivity contribution in [2.45, 2.75) is 6.29 Å². The smallest absolute Gasteiger partial charge is 0.238 e. The van der Waals surface area contributed by atoms with Crippen LogP contribution >= 0.6 is 0 Å². The molecule has 116 valence electrons. The molecule has 0 aliphatic rings. The molecule has 12 nitrogen and oxygen atoms in total. The second-order valence-electron chi connectivity index (χ2n) is 2.76. The topological polar surface area (TPSA) is 101 Å². The fourth-order valence-corrected chi connectivity index (χ4v) is 1.09. The molecule has 0 aromatic heterocycles. The molecule has 0 radical (unpaired) electrons. The van der Waals surface area contributed by atoms with Crippen LogP contribution in [0.3, 0.4) is 0 Å². The van der Waals surface area contributed by atoms with E-state index in [0.29, 0.717) is 0 Å². The Balaban J connectivity index is 5.04. The lowest BCUT2D eigenvalue weighted by Crippen LogP contribution is -2.66. The Labute approximate surface area is 111 Å². The summed E-state index contributed by atoms with van der Waals surface area (Å²) in [5.41, 5.74) is 7.37. The van der Waals surface area contributed by atoms with Gasteiger partial charge in [0, 0.05) is 0 Å². The predicted molar refractivity (Wildman–Crippen MR) is 60.8 cm³/mol. The monoisotopic (exact) mass is 286 g/mol. The van der Waals surface area contributed by atoms with Crippen molar-refractivity contribution in [1.29, 1.82) is 0 Å². The van der Waals surface area contributed by atoms with Gasteiger partial charge in [0.25, 0.3) is 0 Å². The second kappa shape index (κ2) is 11.4. The average molecular weight is 286 g/mol. The van der Waals surface area contributed by atoms with Gasteiger partial charge in [-0.3, -0.25) is 29.0 Å². The van der Waals surface area contributed by atoms with E-state index in [9.17, 15) is 0 Å². The molecule has 0 saturated heterocycles. The van der Waals surface area contributed by atoms with Crippen LogP contribution in [0.15, 0.2) is 0 Å². The van der Waals surface area contributed by atoms with Gasteiger partial charge < -0.3 is 0 Å². The minimum atomic E-state index is -0.889. The number of hydrogen-bond acceptors (Lipinski definition) is 12. The highest BCUT2D eigenvalue weighted by Gasteiger charge is 2.34. The van der Waals surface area contributed by atoms with Crippen LogP contribution in [0.1, 0.15) is 0 Å². The van der Waals surface area contributed by atoms with Gasteiger partial charge in [-0.15, -0.1) is 16.8 Å². The van der Waals surface area contributed by atoms with E-state index in [1.165, 1.54) is 42.7 Å². The third-order valence-corrected chi connectivity index (χ3v) is 1.76. The first-order chi connectivity index (χ1) is 9.19. The van der Waals surface area contributed by atoms with Crippen LogP contribution in [0, 0.1) is 0 Å². The maximum absolute atomic E-state index is 5.07. The Hall–Kier alpha value is -0.480. The van der Waals surface area contributed by atoms with E-state index < -0.39 is 6.29 Å². The molecule has 0 rings (SSSR count). The quantitative estimate of drug-likeness (QED) is 0.275. The average Bonchev–Trinajstić information content (AvgIpc) is 2.43. The second-order valence-corrected chi connectivity index (χ2v) is 2.76. The summed E-state index contributed by atoms with van der Waals surface area (Å²) in [5.74, 6) is 0. The Morgan fingerprint density at radius 3 is 1.00 bits per heavy atom. The Kier molecular flexibility index (Phi) is 11.1. The minimum Gasteiger partial charge on any atom is -0.288 e. The van der Waals surface area contributed by atoms with E-state index in [1.54, 1.807) is 0 Å². The summed E-state index contributed by atoms with van der Waals surface area (Å²) in [6, 6.07) is 0. The van der Waals surface area contributed by atoms with Crippen LogP contribution in [-0.4, -0.2) is 64.5 Å². The van der Waals surface area contributed by atoms with Gasteiger partial charge in [-0.2, -0.15) is 0 Å². The summed E-state index contributed by atoms with van der Waals surface area (Å²) in [6.07, 6.45) is -0.889. The zero-order valence-corrected chi connectivity index (χ0v) is 11.9. The maximum Gasteiger partial charge on any atom is 0.238 e. The SMILES string of the molecule is CONN(OC)C(N(NOC)OC)N(NOC)OC. The maximum atomic E-state index is 5.07. The van der Waals surface area contributed by atoms with E-state index in [0.717, 1.165) is 15.5 Å². The number of hydroxylamine groups is 3. The van der Waals surface area contributed by atoms with Crippen molar-refractivity contribution >= 4 is 0 Å². The van der Waals surface area contributed by atoms with Crippen molar-refractivity contribution in [3.05, 3.63) is 0 Å². The lowest BCUT2D eigenvalue weighted by molar-refractivity contribution is -0.459. The highest BCUT2D eigenvalue weighted by molar-refractivity contribution is 4.46. The third-order valence-electron chi connectivity index (χ3n) is 1.76. The summed E-state index contributed by atoms with van der Waals surface area (Å²) in [6.45, 7) is 0. The molecule has 0 amide bonds. The van der Waals surface area contributed by atoms with Gasteiger partial charge in [0.1, 0.15) is 0 Å². The summed E-state index contributed by atoms with van der Waals surface area (Å²) in [7, 11) is 8.43. The standard InChI is InChI=1S/C7H22N6O6/c1-14-8-11(17-4)7(12(18-5)9-15-2)13(19-6)10-16-3/h7-10H,1-6H3. The normalized spacial score (nSPS) is 12.3. The molecular weight excluding hydrogens is 264 g/mol. The molecule has 0 heterocycles. The summed E-state index contributed by atoms with van der Waals surface area (Å²) < 4.78 is 0. The van der Waals surface area contributed by atoms with Crippen LogP contribution in [-0.2, 0) is 29.0 Å². The number of nitrogens with one attached hydrogen (secondary N) is 3. The molecule has 12 heteroatoms. The van der Waals surface area contributed by atoms with E-state index in [-0.39, 0.29) is 0 Å². The predicted octanol–water partition coefficient (Wildman–Crippen LogP) is -1.94. The molecular formula is C7H22N6O6.